The van der Waals surface area contributed by atoms with E-state index in [1.165, 1.54) is 0 Å². The van der Waals surface area contributed by atoms with Gasteiger partial charge in [-0.2, -0.15) is 5.10 Å². The second kappa shape index (κ2) is 11.2. The molecule has 0 saturated carbocycles. The number of methoxy groups -OCH3 is 2. The topological polar surface area (TPSA) is 73.1 Å². The summed E-state index contributed by atoms with van der Waals surface area (Å²) in [5.41, 5.74) is 2.18. The van der Waals surface area contributed by atoms with E-state index in [9.17, 15) is 0 Å². The number of aryl methyl sites for hydroxylation is 1. The summed E-state index contributed by atoms with van der Waals surface area (Å²) >= 11 is 0. The van der Waals surface area contributed by atoms with Crippen LogP contribution in [-0.4, -0.2) is 68.1 Å². The van der Waals surface area contributed by atoms with Crippen molar-refractivity contribution < 1.29 is 14.2 Å². The van der Waals surface area contributed by atoms with E-state index in [2.05, 4.69) is 20.3 Å². The Labute approximate surface area is 189 Å². The Morgan fingerprint density at radius 3 is 2.83 bits per heavy atom. The summed E-state index contributed by atoms with van der Waals surface area (Å²) in [6.45, 7) is 2.95. The maximum absolute atomic E-state index is 5.92. The Bertz CT molecular complexity index is 811. The predicted octanol–water partition coefficient (Wildman–Crippen LogP) is 2.25. The van der Waals surface area contributed by atoms with Gasteiger partial charge in [0.15, 0.2) is 5.96 Å². The molecule has 1 aliphatic heterocycles. The molecular formula is C20H30IN5O3. The molecule has 1 saturated heterocycles. The number of hydrogen-bond acceptors (Lipinski definition) is 5. The van der Waals surface area contributed by atoms with Crippen LogP contribution >= 0.6 is 24.0 Å². The summed E-state index contributed by atoms with van der Waals surface area (Å²) in [4.78, 5) is 6.68. The van der Waals surface area contributed by atoms with Gasteiger partial charge in [-0.05, 0) is 30.2 Å². The maximum atomic E-state index is 5.92. The number of nitrogens with zero attached hydrogens (tertiary/aromatic N) is 4. The SMILES string of the molecule is CN=C(NCCc1cc(OC)ccc1OC)N1CCOC(c2cnn(C)c2)C1.I. The number of hydrogen-bond donors (Lipinski definition) is 1. The van der Waals surface area contributed by atoms with Gasteiger partial charge in [-0.25, -0.2) is 0 Å². The van der Waals surface area contributed by atoms with Gasteiger partial charge in [0, 0.05) is 38.9 Å². The Hall–Kier alpha value is -2.01. The van der Waals surface area contributed by atoms with Gasteiger partial charge in [0.1, 0.15) is 17.6 Å². The molecule has 1 unspecified atom stereocenters. The van der Waals surface area contributed by atoms with Gasteiger partial charge in [0.25, 0.3) is 0 Å². The number of nitrogens with one attached hydrogen (secondary N) is 1. The van der Waals surface area contributed by atoms with E-state index >= 15 is 0 Å². The van der Waals surface area contributed by atoms with Crippen molar-refractivity contribution >= 4 is 29.9 Å². The van der Waals surface area contributed by atoms with E-state index in [1.54, 1.807) is 18.9 Å². The van der Waals surface area contributed by atoms with Crippen LogP contribution < -0.4 is 14.8 Å². The maximum Gasteiger partial charge on any atom is 0.193 e. The highest BCUT2D eigenvalue weighted by Gasteiger charge is 2.25. The summed E-state index contributed by atoms with van der Waals surface area (Å²) in [5.74, 6) is 2.56. The fraction of sp³-hybridized carbons (Fsp3) is 0.500. The molecule has 1 aliphatic rings. The van der Waals surface area contributed by atoms with Crippen LogP contribution in [0.1, 0.15) is 17.2 Å². The largest absolute Gasteiger partial charge is 0.497 e. The van der Waals surface area contributed by atoms with Crippen molar-refractivity contribution in [2.24, 2.45) is 12.0 Å². The molecule has 9 heteroatoms. The first-order valence-corrected chi connectivity index (χ1v) is 9.41. The summed E-state index contributed by atoms with van der Waals surface area (Å²) in [7, 11) is 7.08. The summed E-state index contributed by atoms with van der Waals surface area (Å²) in [6.07, 6.45) is 4.66. The minimum Gasteiger partial charge on any atom is -0.497 e. The van der Waals surface area contributed by atoms with Crippen molar-refractivity contribution in [3.05, 3.63) is 41.7 Å². The zero-order valence-electron chi connectivity index (χ0n) is 17.4. The van der Waals surface area contributed by atoms with Gasteiger partial charge in [-0.15, -0.1) is 24.0 Å². The lowest BCUT2D eigenvalue weighted by atomic mass is 10.1. The fourth-order valence-corrected chi connectivity index (χ4v) is 3.37. The second-order valence-corrected chi connectivity index (χ2v) is 6.65. The molecule has 29 heavy (non-hydrogen) atoms. The predicted molar refractivity (Wildman–Crippen MR) is 124 cm³/mol. The number of aliphatic imine (C=N–C) groups is 1. The van der Waals surface area contributed by atoms with Gasteiger partial charge in [0.2, 0.25) is 0 Å². The molecule has 2 aromatic rings. The first kappa shape index (κ1) is 23.3. The summed E-state index contributed by atoms with van der Waals surface area (Å²) < 4.78 is 18.5. The number of guanidine groups is 1. The molecule has 1 atom stereocenters. The average Bonchev–Trinajstić information content (AvgIpc) is 3.17. The molecule has 0 aliphatic carbocycles. The van der Waals surface area contributed by atoms with Crippen molar-refractivity contribution in [3.8, 4) is 11.5 Å². The zero-order chi connectivity index (χ0) is 19.9. The van der Waals surface area contributed by atoms with E-state index in [-0.39, 0.29) is 30.1 Å². The van der Waals surface area contributed by atoms with Crippen molar-refractivity contribution in [1.82, 2.24) is 20.0 Å². The Balaban J connectivity index is 0.00000300. The minimum absolute atomic E-state index is 0. The molecule has 0 bridgehead atoms. The van der Waals surface area contributed by atoms with Crippen LogP contribution in [0.4, 0.5) is 0 Å². The first-order valence-electron chi connectivity index (χ1n) is 9.41. The minimum atomic E-state index is -0.000483. The molecule has 8 nitrogen and oxygen atoms in total. The highest BCUT2D eigenvalue weighted by Crippen LogP contribution is 2.24. The monoisotopic (exact) mass is 515 g/mol. The quantitative estimate of drug-likeness (QED) is 0.362. The Morgan fingerprint density at radius 2 is 2.17 bits per heavy atom. The third-order valence-corrected chi connectivity index (χ3v) is 4.84. The van der Waals surface area contributed by atoms with Gasteiger partial charge in [-0.3, -0.25) is 9.67 Å². The molecule has 0 radical (unpaired) electrons. The van der Waals surface area contributed by atoms with Gasteiger partial charge >= 0.3 is 0 Å². The lowest BCUT2D eigenvalue weighted by Gasteiger charge is -2.34. The summed E-state index contributed by atoms with van der Waals surface area (Å²) in [5, 5.41) is 7.70. The highest BCUT2D eigenvalue weighted by atomic mass is 127. The van der Waals surface area contributed by atoms with E-state index in [0.717, 1.165) is 54.6 Å². The van der Waals surface area contributed by atoms with Gasteiger partial charge < -0.3 is 24.4 Å². The van der Waals surface area contributed by atoms with Crippen molar-refractivity contribution in [1.29, 1.82) is 0 Å². The first-order chi connectivity index (χ1) is 13.6. The molecule has 1 aromatic carbocycles. The molecule has 1 aromatic heterocycles. The van der Waals surface area contributed by atoms with Crippen LogP contribution in [-0.2, 0) is 18.2 Å². The molecule has 1 fully saturated rings. The van der Waals surface area contributed by atoms with E-state index in [1.807, 2.05) is 44.7 Å². The van der Waals surface area contributed by atoms with Gasteiger partial charge in [-0.1, -0.05) is 0 Å². The zero-order valence-corrected chi connectivity index (χ0v) is 19.8. The van der Waals surface area contributed by atoms with Crippen LogP contribution in [0.3, 0.4) is 0 Å². The Kier molecular flexibility index (Phi) is 9.02. The average molecular weight is 515 g/mol. The van der Waals surface area contributed by atoms with Crippen molar-refractivity contribution in [2.45, 2.75) is 12.5 Å². The lowest BCUT2D eigenvalue weighted by Crippen LogP contribution is -2.48. The second-order valence-electron chi connectivity index (χ2n) is 6.65. The van der Waals surface area contributed by atoms with Gasteiger partial charge in [0.05, 0.1) is 33.6 Å². The number of morpholine rings is 1. The van der Waals surface area contributed by atoms with E-state index in [4.69, 9.17) is 14.2 Å². The number of halogens is 1. The summed E-state index contributed by atoms with van der Waals surface area (Å²) in [6, 6.07) is 5.85. The molecule has 1 N–H and O–H groups in total. The standard InChI is InChI=1S/C20H29N5O3.HI/c1-21-20(22-8-7-15-11-17(26-3)5-6-18(15)27-4)25-9-10-28-19(14-25)16-12-23-24(2)13-16;/h5-6,11-13,19H,7-10,14H2,1-4H3,(H,21,22);1H. The number of benzene rings is 1. The van der Waals surface area contributed by atoms with E-state index < -0.39 is 0 Å². The van der Waals surface area contributed by atoms with Crippen LogP contribution in [0.5, 0.6) is 11.5 Å². The molecule has 2 heterocycles. The van der Waals surface area contributed by atoms with Crippen LogP contribution in [0.15, 0.2) is 35.6 Å². The van der Waals surface area contributed by atoms with Crippen molar-refractivity contribution in [2.75, 3.05) is 47.5 Å². The fourth-order valence-electron chi connectivity index (χ4n) is 3.37. The third kappa shape index (κ3) is 5.99. The number of ether oxygens (including phenoxy) is 3. The lowest BCUT2D eigenvalue weighted by molar-refractivity contribution is -0.00800. The van der Waals surface area contributed by atoms with E-state index in [0.29, 0.717) is 6.61 Å². The van der Waals surface area contributed by atoms with Crippen LogP contribution in [0.25, 0.3) is 0 Å². The molecule has 0 amide bonds. The Morgan fingerprint density at radius 1 is 1.34 bits per heavy atom. The molecule has 0 spiro atoms. The highest BCUT2D eigenvalue weighted by molar-refractivity contribution is 14.0. The smallest absolute Gasteiger partial charge is 0.193 e. The molecule has 3 rings (SSSR count). The van der Waals surface area contributed by atoms with Crippen molar-refractivity contribution in [3.63, 3.8) is 0 Å². The number of aromatic nitrogens is 2. The van der Waals surface area contributed by atoms with Crippen LogP contribution in [0, 0.1) is 0 Å². The number of rotatable bonds is 6. The normalized spacial score (nSPS) is 16.9. The van der Waals surface area contributed by atoms with Crippen LogP contribution in [0.2, 0.25) is 0 Å². The molecule has 160 valence electrons. The molecular weight excluding hydrogens is 485 g/mol. The third-order valence-electron chi connectivity index (χ3n) is 4.84.